The van der Waals surface area contributed by atoms with Gasteiger partial charge in [-0.2, -0.15) is 0 Å². The SMILES string of the molecule is COC(=O)CC1CCC=N1. The molecule has 0 fully saturated rings. The van der Waals surface area contributed by atoms with Gasteiger partial charge in [0.15, 0.2) is 0 Å². The summed E-state index contributed by atoms with van der Waals surface area (Å²) in [7, 11) is 1.40. The fourth-order valence-electron chi connectivity index (χ4n) is 0.996. The Morgan fingerprint density at radius 1 is 1.90 bits per heavy atom. The highest BCUT2D eigenvalue weighted by atomic mass is 16.5. The number of hydrogen-bond donors (Lipinski definition) is 0. The Morgan fingerprint density at radius 3 is 3.20 bits per heavy atom. The molecule has 10 heavy (non-hydrogen) atoms. The summed E-state index contributed by atoms with van der Waals surface area (Å²) in [6.07, 6.45) is 4.30. The van der Waals surface area contributed by atoms with Gasteiger partial charge in [-0.3, -0.25) is 9.79 Å². The van der Waals surface area contributed by atoms with E-state index < -0.39 is 0 Å². The third-order valence-corrected chi connectivity index (χ3v) is 1.58. The lowest BCUT2D eigenvalue weighted by Gasteiger charge is -2.02. The predicted octanol–water partition coefficient (Wildman–Crippen LogP) is 0.783. The first kappa shape index (κ1) is 7.25. The van der Waals surface area contributed by atoms with Crippen LogP contribution in [0.2, 0.25) is 0 Å². The molecule has 0 aromatic heterocycles. The minimum atomic E-state index is -0.163. The van der Waals surface area contributed by atoms with Crippen LogP contribution in [0.15, 0.2) is 4.99 Å². The molecule has 0 aromatic carbocycles. The van der Waals surface area contributed by atoms with Gasteiger partial charge in [-0.05, 0) is 19.1 Å². The Morgan fingerprint density at radius 2 is 2.70 bits per heavy atom. The number of nitrogens with zero attached hydrogens (tertiary/aromatic N) is 1. The average Bonchev–Trinajstić information content (AvgIpc) is 2.40. The number of carbonyl (C=O) groups excluding carboxylic acids is 1. The molecule has 0 amide bonds. The van der Waals surface area contributed by atoms with Gasteiger partial charge in [0.2, 0.25) is 0 Å². The molecule has 1 unspecified atom stereocenters. The van der Waals surface area contributed by atoms with Crippen LogP contribution in [-0.4, -0.2) is 25.3 Å². The molecule has 1 atom stereocenters. The van der Waals surface area contributed by atoms with Crippen molar-refractivity contribution >= 4 is 12.2 Å². The summed E-state index contributed by atoms with van der Waals surface area (Å²) in [5.41, 5.74) is 0. The standard InChI is InChI=1S/C7H11NO2/c1-10-7(9)5-6-3-2-4-8-6/h4,6H,2-3,5H2,1H3. The number of methoxy groups -OCH3 is 1. The zero-order chi connectivity index (χ0) is 7.40. The minimum Gasteiger partial charge on any atom is -0.469 e. The third-order valence-electron chi connectivity index (χ3n) is 1.58. The molecule has 0 spiro atoms. The summed E-state index contributed by atoms with van der Waals surface area (Å²) >= 11 is 0. The van der Waals surface area contributed by atoms with Crippen LogP contribution in [0, 0.1) is 0 Å². The van der Waals surface area contributed by atoms with Crippen LogP contribution < -0.4 is 0 Å². The molecular weight excluding hydrogens is 130 g/mol. The Kier molecular flexibility index (Phi) is 2.42. The molecule has 3 nitrogen and oxygen atoms in total. The van der Waals surface area contributed by atoms with Crippen molar-refractivity contribution in [1.82, 2.24) is 0 Å². The van der Waals surface area contributed by atoms with Gasteiger partial charge in [-0.1, -0.05) is 0 Å². The van der Waals surface area contributed by atoms with Gasteiger partial charge in [-0.15, -0.1) is 0 Å². The maximum Gasteiger partial charge on any atom is 0.307 e. The summed E-state index contributed by atoms with van der Waals surface area (Å²) < 4.78 is 4.50. The minimum absolute atomic E-state index is 0.163. The van der Waals surface area contributed by atoms with Crippen LogP contribution in [0.4, 0.5) is 0 Å². The Hall–Kier alpha value is -0.860. The molecular formula is C7H11NO2. The quantitative estimate of drug-likeness (QED) is 0.533. The van der Waals surface area contributed by atoms with Crippen LogP contribution in [0.3, 0.4) is 0 Å². The molecule has 0 bridgehead atoms. The first-order valence-corrected chi connectivity index (χ1v) is 3.41. The van der Waals surface area contributed by atoms with Crippen molar-refractivity contribution < 1.29 is 9.53 Å². The van der Waals surface area contributed by atoms with E-state index in [0.29, 0.717) is 6.42 Å². The smallest absolute Gasteiger partial charge is 0.307 e. The lowest BCUT2D eigenvalue weighted by molar-refractivity contribution is -0.140. The fourth-order valence-corrected chi connectivity index (χ4v) is 0.996. The number of rotatable bonds is 2. The van der Waals surface area contributed by atoms with E-state index in [1.165, 1.54) is 7.11 Å². The molecule has 1 rings (SSSR count). The van der Waals surface area contributed by atoms with Crippen LogP contribution in [-0.2, 0) is 9.53 Å². The van der Waals surface area contributed by atoms with Crippen molar-refractivity contribution in [3.8, 4) is 0 Å². The topological polar surface area (TPSA) is 38.7 Å². The van der Waals surface area contributed by atoms with E-state index in [0.717, 1.165) is 12.8 Å². The van der Waals surface area contributed by atoms with E-state index in [9.17, 15) is 4.79 Å². The van der Waals surface area contributed by atoms with Crippen LogP contribution in [0.5, 0.6) is 0 Å². The maximum absolute atomic E-state index is 10.7. The molecule has 0 radical (unpaired) electrons. The molecule has 1 aliphatic heterocycles. The third kappa shape index (κ3) is 1.83. The molecule has 0 saturated heterocycles. The fraction of sp³-hybridized carbons (Fsp3) is 0.714. The van der Waals surface area contributed by atoms with E-state index in [1.807, 2.05) is 6.21 Å². The summed E-state index contributed by atoms with van der Waals surface area (Å²) in [4.78, 5) is 14.8. The van der Waals surface area contributed by atoms with Gasteiger partial charge in [0.05, 0.1) is 19.6 Å². The molecule has 0 aliphatic carbocycles. The van der Waals surface area contributed by atoms with Gasteiger partial charge >= 0.3 is 5.97 Å². The van der Waals surface area contributed by atoms with Crippen molar-refractivity contribution in [3.05, 3.63) is 0 Å². The highest BCUT2D eigenvalue weighted by Crippen LogP contribution is 2.11. The molecule has 56 valence electrons. The molecule has 1 aliphatic rings. The lowest BCUT2D eigenvalue weighted by atomic mass is 10.1. The molecule has 0 aromatic rings. The monoisotopic (exact) mass is 141 g/mol. The molecule has 0 N–H and O–H groups in total. The maximum atomic E-state index is 10.7. The first-order valence-electron chi connectivity index (χ1n) is 3.41. The van der Waals surface area contributed by atoms with Gasteiger partial charge in [0, 0.05) is 0 Å². The van der Waals surface area contributed by atoms with Crippen molar-refractivity contribution in [2.75, 3.05) is 7.11 Å². The van der Waals surface area contributed by atoms with E-state index in [2.05, 4.69) is 9.73 Å². The predicted molar refractivity (Wildman–Crippen MR) is 38.1 cm³/mol. The zero-order valence-corrected chi connectivity index (χ0v) is 6.04. The molecule has 3 heteroatoms. The van der Waals surface area contributed by atoms with Gasteiger partial charge in [0.25, 0.3) is 0 Å². The second-order valence-corrected chi connectivity index (χ2v) is 2.34. The summed E-state index contributed by atoms with van der Waals surface area (Å²) in [5, 5.41) is 0. The number of hydrogen-bond acceptors (Lipinski definition) is 3. The summed E-state index contributed by atoms with van der Waals surface area (Å²) in [6.45, 7) is 0. The van der Waals surface area contributed by atoms with Gasteiger partial charge in [-0.25, -0.2) is 0 Å². The Labute approximate surface area is 60.1 Å². The summed E-state index contributed by atoms with van der Waals surface area (Å²) in [6, 6.07) is 0.187. The van der Waals surface area contributed by atoms with Gasteiger partial charge < -0.3 is 4.74 Å². The zero-order valence-electron chi connectivity index (χ0n) is 6.04. The van der Waals surface area contributed by atoms with E-state index in [1.54, 1.807) is 0 Å². The Bertz CT molecular complexity index is 154. The highest BCUT2D eigenvalue weighted by Gasteiger charge is 2.14. The van der Waals surface area contributed by atoms with E-state index in [-0.39, 0.29) is 12.0 Å². The number of ether oxygens (including phenoxy) is 1. The summed E-state index contributed by atoms with van der Waals surface area (Å²) in [5.74, 6) is -0.163. The van der Waals surface area contributed by atoms with Crippen molar-refractivity contribution in [3.63, 3.8) is 0 Å². The van der Waals surface area contributed by atoms with Crippen molar-refractivity contribution in [1.29, 1.82) is 0 Å². The molecule has 0 saturated carbocycles. The Balaban J connectivity index is 2.24. The molecule has 1 heterocycles. The number of aliphatic imine (C=N–C) groups is 1. The van der Waals surface area contributed by atoms with Gasteiger partial charge in [0.1, 0.15) is 0 Å². The average molecular weight is 141 g/mol. The lowest BCUT2D eigenvalue weighted by Crippen LogP contribution is -2.10. The van der Waals surface area contributed by atoms with E-state index >= 15 is 0 Å². The highest BCUT2D eigenvalue weighted by molar-refractivity contribution is 5.71. The van der Waals surface area contributed by atoms with E-state index in [4.69, 9.17) is 0 Å². The van der Waals surface area contributed by atoms with Crippen LogP contribution in [0.25, 0.3) is 0 Å². The second-order valence-electron chi connectivity index (χ2n) is 2.34. The van der Waals surface area contributed by atoms with Crippen LogP contribution >= 0.6 is 0 Å². The largest absolute Gasteiger partial charge is 0.469 e. The number of carbonyl (C=O) groups is 1. The van der Waals surface area contributed by atoms with Crippen molar-refractivity contribution in [2.45, 2.75) is 25.3 Å². The van der Waals surface area contributed by atoms with Crippen molar-refractivity contribution in [2.24, 2.45) is 4.99 Å². The normalized spacial score (nSPS) is 23.1. The second kappa shape index (κ2) is 3.34. The first-order chi connectivity index (χ1) is 4.83. The number of esters is 1. The van der Waals surface area contributed by atoms with Crippen LogP contribution in [0.1, 0.15) is 19.3 Å².